The van der Waals surface area contributed by atoms with Gasteiger partial charge in [0.2, 0.25) is 0 Å². The molecule has 1 fully saturated rings. The van der Waals surface area contributed by atoms with Crippen LogP contribution in [0.5, 0.6) is 0 Å². The number of rotatable bonds is 6. The number of nitrogens with one attached hydrogen (secondary N) is 1. The molecule has 3 rings (SSSR count). The normalized spacial score (nSPS) is 15.1. The van der Waals surface area contributed by atoms with E-state index < -0.39 is 0 Å². The van der Waals surface area contributed by atoms with E-state index in [1.807, 2.05) is 27.1 Å². The van der Waals surface area contributed by atoms with Crippen LogP contribution in [0.25, 0.3) is 0 Å². The first-order valence-corrected chi connectivity index (χ1v) is 9.11. The number of aromatic nitrogens is 1. The molecule has 1 unspecified atom stereocenters. The van der Waals surface area contributed by atoms with Gasteiger partial charge in [-0.2, -0.15) is 0 Å². The summed E-state index contributed by atoms with van der Waals surface area (Å²) in [6.07, 6.45) is 3.83. The van der Waals surface area contributed by atoms with Gasteiger partial charge in [0.25, 0.3) is 11.5 Å². The van der Waals surface area contributed by atoms with Gasteiger partial charge in [0.05, 0.1) is 6.04 Å². The van der Waals surface area contributed by atoms with Gasteiger partial charge in [0, 0.05) is 18.8 Å². The van der Waals surface area contributed by atoms with Crippen LogP contribution < -0.4 is 10.9 Å². The number of benzene rings is 1. The van der Waals surface area contributed by atoms with E-state index in [2.05, 4.69) is 41.4 Å². The Bertz CT molecular complexity index is 849. The predicted molar refractivity (Wildman–Crippen MR) is 104 cm³/mol. The van der Waals surface area contributed by atoms with E-state index in [0.29, 0.717) is 6.54 Å². The monoisotopic (exact) mass is 353 g/mol. The van der Waals surface area contributed by atoms with Crippen LogP contribution in [0, 0.1) is 13.8 Å². The number of amides is 1. The Morgan fingerprint density at radius 3 is 2.42 bits per heavy atom. The summed E-state index contributed by atoms with van der Waals surface area (Å²) in [5.74, 6) is -0.290. The molecule has 5 heteroatoms. The van der Waals surface area contributed by atoms with E-state index in [9.17, 15) is 9.59 Å². The molecule has 1 saturated carbocycles. The largest absolute Gasteiger partial charge is 0.350 e. The highest BCUT2D eigenvalue weighted by Crippen LogP contribution is 2.33. The number of pyridine rings is 1. The van der Waals surface area contributed by atoms with E-state index in [1.165, 1.54) is 5.56 Å². The first kappa shape index (κ1) is 18.4. The van der Waals surface area contributed by atoms with Crippen molar-refractivity contribution in [1.29, 1.82) is 0 Å². The summed E-state index contributed by atoms with van der Waals surface area (Å²) < 4.78 is 1.70. The molecule has 1 atom stereocenters. The molecule has 1 aromatic carbocycles. The summed E-state index contributed by atoms with van der Waals surface area (Å²) in [6, 6.07) is 10.5. The first-order valence-electron chi connectivity index (χ1n) is 9.11. The van der Waals surface area contributed by atoms with Crippen molar-refractivity contribution in [1.82, 2.24) is 14.8 Å². The lowest BCUT2D eigenvalue weighted by molar-refractivity contribution is 0.0939. The van der Waals surface area contributed by atoms with E-state index in [0.717, 1.165) is 24.0 Å². The van der Waals surface area contributed by atoms with Crippen molar-refractivity contribution in [3.05, 3.63) is 69.1 Å². The molecule has 1 amide bonds. The third-order valence-electron chi connectivity index (χ3n) is 5.04. The number of carbonyl (C=O) groups excluding carboxylic acids is 1. The van der Waals surface area contributed by atoms with Gasteiger partial charge in [0.15, 0.2) is 0 Å². The Labute approximate surface area is 154 Å². The lowest BCUT2D eigenvalue weighted by Gasteiger charge is -2.25. The highest BCUT2D eigenvalue weighted by atomic mass is 16.2. The van der Waals surface area contributed by atoms with E-state index in [1.54, 1.807) is 10.8 Å². The lowest BCUT2D eigenvalue weighted by atomic mass is 10.0. The van der Waals surface area contributed by atoms with Gasteiger partial charge < -0.3 is 14.8 Å². The minimum Gasteiger partial charge on any atom is -0.350 e. The van der Waals surface area contributed by atoms with E-state index >= 15 is 0 Å². The summed E-state index contributed by atoms with van der Waals surface area (Å²) in [4.78, 5) is 27.5. The second kappa shape index (κ2) is 7.46. The van der Waals surface area contributed by atoms with Crippen molar-refractivity contribution in [3.63, 3.8) is 0 Å². The standard InChI is InChI=1S/C21H27N3O2/c1-14-5-7-16(8-6-14)18(23(3)4)13-22-20(25)19-15(2)11-12-24(21(19)26)17-9-10-17/h5-8,11-12,17-18H,9-10,13H2,1-4H3,(H,22,25). The molecule has 0 aliphatic heterocycles. The van der Waals surface area contributed by atoms with Crippen LogP contribution in [0.2, 0.25) is 0 Å². The molecule has 26 heavy (non-hydrogen) atoms. The highest BCUT2D eigenvalue weighted by molar-refractivity contribution is 5.95. The Morgan fingerprint density at radius 1 is 1.19 bits per heavy atom. The quantitative estimate of drug-likeness (QED) is 0.869. The van der Waals surface area contributed by atoms with Crippen molar-refractivity contribution >= 4 is 5.91 Å². The average Bonchev–Trinajstić information content (AvgIpc) is 3.41. The molecule has 1 N–H and O–H groups in total. The summed E-state index contributed by atoms with van der Waals surface area (Å²) in [7, 11) is 3.98. The van der Waals surface area contributed by atoms with Crippen molar-refractivity contribution in [2.45, 2.75) is 38.8 Å². The second-order valence-electron chi connectivity index (χ2n) is 7.42. The number of hydrogen-bond donors (Lipinski definition) is 1. The van der Waals surface area contributed by atoms with E-state index in [-0.39, 0.29) is 29.1 Å². The van der Waals surface area contributed by atoms with Crippen LogP contribution in [0.4, 0.5) is 0 Å². The summed E-state index contributed by atoms with van der Waals surface area (Å²) in [6.45, 7) is 4.32. The highest BCUT2D eigenvalue weighted by Gasteiger charge is 2.27. The number of likely N-dealkylation sites (N-methyl/N-ethyl adjacent to an activating group) is 1. The van der Waals surface area contributed by atoms with Crippen LogP contribution in [0.3, 0.4) is 0 Å². The van der Waals surface area contributed by atoms with Gasteiger partial charge in [-0.1, -0.05) is 29.8 Å². The molecule has 1 aliphatic rings. The van der Waals surface area contributed by atoms with Gasteiger partial charge in [-0.15, -0.1) is 0 Å². The molecule has 0 saturated heterocycles. The molecule has 5 nitrogen and oxygen atoms in total. The van der Waals surface area contributed by atoms with Gasteiger partial charge in [-0.25, -0.2) is 0 Å². The number of aryl methyl sites for hydroxylation is 2. The Kier molecular flexibility index (Phi) is 5.28. The molecule has 1 aromatic heterocycles. The molecule has 0 spiro atoms. The summed E-state index contributed by atoms with van der Waals surface area (Å²) in [5, 5.41) is 2.97. The lowest BCUT2D eigenvalue weighted by Crippen LogP contribution is -2.38. The Hall–Kier alpha value is -2.40. The fraction of sp³-hybridized carbons (Fsp3) is 0.429. The summed E-state index contributed by atoms with van der Waals surface area (Å²) in [5.41, 5.74) is 3.15. The minimum absolute atomic E-state index is 0.0502. The molecule has 1 heterocycles. The first-order chi connectivity index (χ1) is 12.4. The van der Waals surface area contributed by atoms with Gasteiger partial charge in [-0.3, -0.25) is 9.59 Å². The van der Waals surface area contributed by atoms with Crippen LogP contribution in [0.1, 0.15) is 52.0 Å². The van der Waals surface area contributed by atoms with Crippen LogP contribution >= 0.6 is 0 Å². The zero-order valence-corrected chi connectivity index (χ0v) is 16.0. The number of carbonyl (C=O) groups is 1. The fourth-order valence-corrected chi connectivity index (χ4v) is 3.22. The second-order valence-corrected chi connectivity index (χ2v) is 7.42. The smallest absolute Gasteiger partial charge is 0.263 e. The van der Waals surface area contributed by atoms with Crippen molar-refractivity contribution in [3.8, 4) is 0 Å². The van der Waals surface area contributed by atoms with Crippen molar-refractivity contribution in [2.75, 3.05) is 20.6 Å². The molecular formula is C21H27N3O2. The van der Waals surface area contributed by atoms with Crippen LogP contribution in [-0.4, -0.2) is 36.0 Å². The SMILES string of the molecule is Cc1ccc(C(CNC(=O)c2c(C)ccn(C3CC3)c2=O)N(C)C)cc1. The Morgan fingerprint density at radius 2 is 1.85 bits per heavy atom. The number of hydrogen-bond acceptors (Lipinski definition) is 3. The predicted octanol–water partition coefficient (Wildman–Crippen LogP) is 2.83. The van der Waals surface area contributed by atoms with Gasteiger partial charge in [0.1, 0.15) is 5.56 Å². The molecule has 138 valence electrons. The molecule has 0 bridgehead atoms. The molecular weight excluding hydrogens is 326 g/mol. The third-order valence-corrected chi connectivity index (χ3v) is 5.04. The van der Waals surface area contributed by atoms with E-state index in [4.69, 9.17) is 0 Å². The third kappa shape index (κ3) is 3.88. The van der Waals surface area contributed by atoms with Crippen molar-refractivity contribution < 1.29 is 4.79 Å². The van der Waals surface area contributed by atoms with Crippen LogP contribution in [-0.2, 0) is 0 Å². The molecule has 0 radical (unpaired) electrons. The molecule has 2 aromatic rings. The molecule has 1 aliphatic carbocycles. The maximum absolute atomic E-state index is 12.8. The number of nitrogens with zero attached hydrogens (tertiary/aromatic N) is 2. The van der Waals surface area contributed by atoms with Crippen LogP contribution in [0.15, 0.2) is 41.3 Å². The summed E-state index contributed by atoms with van der Waals surface area (Å²) >= 11 is 0. The van der Waals surface area contributed by atoms with Gasteiger partial charge >= 0.3 is 0 Å². The van der Waals surface area contributed by atoms with Crippen molar-refractivity contribution in [2.24, 2.45) is 0 Å². The fourth-order valence-electron chi connectivity index (χ4n) is 3.22. The van der Waals surface area contributed by atoms with Gasteiger partial charge in [-0.05, 0) is 58.0 Å². The zero-order valence-electron chi connectivity index (χ0n) is 16.0. The minimum atomic E-state index is -0.290. The Balaban J connectivity index is 1.78. The maximum atomic E-state index is 12.8. The zero-order chi connectivity index (χ0) is 18.8. The maximum Gasteiger partial charge on any atom is 0.263 e. The topological polar surface area (TPSA) is 54.3 Å². The average molecular weight is 353 g/mol.